The maximum atomic E-state index is 12.8. The Labute approximate surface area is 157 Å². The average Bonchev–Trinajstić information content (AvgIpc) is 2.92. The van der Waals surface area contributed by atoms with Gasteiger partial charge in [0, 0.05) is 16.8 Å². The first-order valence-corrected chi connectivity index (χ1v) is 9.83. The summed E-state index contributed by atoms with van der Waals surface area (Å²) >= 11 is 1.39. The van der Waals surface area contributed by atoms with Gasteiger partial charge in [0.2, 0.25) is 0 Å². The number of fused-ring (bicyclic) bond motifs is 2. The molecule has 26 heavy (non-hydrogen) atoms. The lowest BCUT2D eigenvalue weighted by molar-refractivity contribution is 0.103. The summed E-state index contributed by atoms with van der Waals surface area (Å²) in [7, 11) is 0. The molecule has 3 N–H and O–H groups in total. The molecular formula is C21H23N3OS. The van der Waals surface area contributed by atoms with E-state index in [2.05, 4.69) is 24.4 Å². The van der Waals surface area contributed by atoms with E-state index in [0.29, 0.717) is 16.5 Å². The first-order valence-electron chi connectivity index (χ1n) is 9.01. The van der Waals surface area contributed by atoms with E-state index in [-0.39, 0.29) is 5.91 Å². The third-order valence-corrected chi connectivity index (χ3v) is 6.28. The number of hydrogen-bond donors (Lipinski definition) is 2. The third-order valence-electron chi connectivity index (χ3n) is 5.17. The van der Waals surface area contributed by atoms with Crippen LogP contribution in [0.15, 0.2) is 24.3 Å². The predicted octanol–water partition coefficient (Wildman–Crippen LogP) is 4.87. The van der Waals surface area contributed by atoms with Crippen LogP contribution in [0.4, 0.5) is 11.4 Å². The number of nitrogen functional groups attached to an aromatic ring is 1. The van der Waals surface area contributed by atoms with Crippen LogP contribution in [0.5, 0.6) is 0 Å². The first kappa shape index (κ1) is 17.0. The number of carbonyl (C=O) groups excluding carboxylic acids is 1. The summed E-state index contributed by atoms with van der Waals surface area (Å²) in [6, 6.07) is 8.13. The van der Waals surface area contributed by atoms with Crippen LogP contribution < -0.4 is 11.1 Å². The van der Waals surface area contributed by atoms with E-state index in [9.17, 15) is 4.79 Å². The molecule has 0 aliphatic heterocycles. The molecule has 0 fully saturated rings. The van der Waals surface area contributed by atoms with Crippen LogP contribution in [0.2, 0.25) is 0 Å². The Morgan fingerprint density at radius 2 is 2.12 bits per heavy atom. The van der Waals surface area contributed by atoms with Gasteiger partial charge in [0.05, 0.1) is 5.69 Å². The van der Waals surface area contributed by atoms with Crippen molar-refractivity contribution in [2.24, 2.45) is 5.92 Å². The SMILES string of the molecule is Cc1ccc(NC(=O)c2sc3nc4c(cc3c2N)CC(C)CC4)c(C)c1. The molecule has 2 aromatic heterocycles. The Bertz CT molecular complexity index is 1020. The predicted molar refractivity (Wildman–Crippen MR) is 109 cm³/mol. The Kier molecular flexibility index (Phi) is 4.19. The van der Waals surface area contributed by atoms with Crippen LogP contribution in [0.3, 0.4) is 0 Å². The highest BCUT2D eigenvalue weighted by Crippen LogP contribution is 2.36. The van der Waals surface area contributed by atoms with Crippen molar-refractivity contribution in [3.05, 3.63) is 51.5 Å². The van der Waals surface area contributed by atoms with E-state index in [1.165, 1.54) is 28.9 Å². The summed E-state index contributed by atoms with van der Waals surface area (Å²) in [6.07, 6.45) is 3.22. The number of pyridine rings is 1. The zero-order chi connectivity index (χ0) is 18.4. The highest BCUT2D eigenvalue weighted by molar-refractivity contribution is 7.21. The summed E-state index contributed by atoms with van der Waals surface area (Å²) in [4.78, 5) is 19.0. The largest absolute Gasteiger partial charge is 0.397 e. The maximum absolute atomic E-state index is 12.8. The maximum Gasteiger partial charge on any atom is 0.267 e. The molecule has 0 radical (unpaired) electrons. The Hall–Kier alpha value is -2.40. The van der Waals surface area contributed by atoms with Gasteiger partial charge in [0.15, 0.2) is 0 Å². The summed E-state index contributed by atoms with van der Waals surface area (Å²) < 4.78 is 0. The van der Waals surface area contributed by atoms with Gasteiger partial charge >= 0.3 is 0 Å². The molecular weight excluding hydrogens is 342 g/mol. The number of nitrogens with zero attached hydrogens (tertiary/aromatic N) is 1. The lowest BCUT2D eigenvalue weighted by Crippen LogP contribution is -2.13. The van der Waals surface area contributed by atoms with Crippen molar-refractivity contribution >= 4 is 38.8 Å². The minimum atomic E-state index is -0.163. The number of aryl methyl sites for hydroxylation is 3. The first-order chi connectivity index (χ1) is 12.4. The minimum absolute atomic E-state index is 0.163. The number of carbonyl (C=O) groups is 1. The van der Waals surface area contributed by atoms with Crippen molar-refractivity contribution in [1.29, 1.82) is 0 Å². The number of benzene rings is 1. The van der Waals surface area contributed by atoms with Gasteiger partial charge in [0.1, 0.15) is 9.71 Å². The lowest BCUT2D eigenvalue weighted by atomic mass is 9.87. The number of nitrogens with one attached hydrogen (secondary N) is 1. The number of anilines is 2. The summed E-state index contributed by atoms with van der Waals surface area (Å²) in [5, 5.41) is 3.91. The topological polar surface area (TPSA) is 68.0 Å². The van der Waals surface area contributed by atoms with Gasteiger partial charge in [-0.1, -0.05) is 24.6 Å². The molecule has 0 bridgehead atoms. The minimum Gasteiger partial charge on any atom is -0.397 e. The van der Waals surface area contributed by atoms with Gasteiger partial charge in [-0.25, -0.2) is 4.98 Å². The number of rotatable bonds is 2. The molecule has 1 amide bonds. The highest BCUT2D eigenvalue weighted by Gasteiger charge is 2.22. The molecule has 0 saturated carbocycles. The van der Waals surface area contributed by atoms with Crippen LogP contribution in [0, 0.1) is 19.8 Å². The van der Waals surface area contributed by atoms with Crippen molar-refractivity contribution < 1.29 is 4.79 Å². The summed E-state index contributed by atoms with van der Waals surface area (Å²) in [5.41, 5.74) is 12.4. The average molecular weight is 366 g/mol. The van der Waals surface area contributed by atoms with Crippen molar-refractivity contribution in [2.75, 3.05) is 11.1 Å². The number of aromatic nitrogens is 1. The van der Waals surface area contributed by atoms with Crippen LogP contribution in [-0.4, -0.2) is 10.9 Å². The number of amides is 1. The molecule has 1 aromatic carbocycles. The van der Waals surface area contributed by atoms with Crippen molar-refractivity contribution in [2.45, 2.75) is 40.0 Å². The van der Waals surface area contributed by atoms with E-state index in [1.807, 2.05) is 26.0 Å². The van der Waals surface area contributed by atoms with Crippen LogP contribution in [-0.2, 0) is 12.8 Å². The normalized spacial score (nSPS) is 16.5. The van der Waals surface area contributed by atoms with Gasteiger partial charge < -0.3 is 11.1 Å². The molecule has 4 rings (SSSR count). The van der Waals surface area contributed by atoms with Gasteiger partial charge in [-0.3, -0.25) is 4.79 Å². The monoisotopic (exact) mass is 365 g/mol. The van der Waals surface area contributed by atoms with Crippen molar-refractivity contribution in [3.63, 3.8) is 0 Å². The molecule has 5 heteroatoms. The van der Waals surface area contributed by atoms with Gasteiger partial charge in [-0.15, -0.1) is 11.3 Å². The smallest absolute Gasteiger partial charge is 0.267 e. The van der Waals surface area contributed by atoms with Crippen molar-refractivity contribution in [3.8, 4) is 0 Å². The Morgan fingerprint density at radius 1 is 1.31 bits per heavy atom. The molecule has 1 aliphatic carbocycles. The third kappa shape index (κ3) is 2.97. The second-order valence-corrected chi connectivity index (χ2v) is 8.41. The van der Waals surface area contributed by atoms with E-state index in [1.54, 1.807) is 0 Å². The lowest BCUT2D eigenvalue weighted by Gasteiger charge is -2.20. The zero-order valence-electron chi connectivity index (χ0n) is 15.3. The van der Waals surface area contributed by atoms with Gasteiger partial charge in [-0.2, -0.15) is 0 Å². The fraction of sp³-hybridized carbons (Fsp3) is 0.333. The zero-order valence-corrected chi connectivity index (χ0v) is 16.2. The molecule has 1 unspecified atom stereocenters. The Morgan fingerprint density at radius 3 is 2.88 bits per heavy atom. The van der Waals surface area contributed by atoms with Crippen LogP contribution in [0.25, 0.3) is 10.2 Å². The molecule has 1 atom stereocenters. The van der Waals surface area contributed by atoms with E-state index in [4.69, 9.17) is 10.7 Å². The van der Waals surface area contributed by atoms with Crippen LogP contribution in [0.1, 0.15) is 45.4 Å². The molecule has 0 spiro atoms. The molecule has 0 saturated heterocycles. The van der Waals surface area contributed by atoms with Crippen LogP contribution >= 0.6 is 11.3 Å². The molecule has 134 valence electrons. The summed E-state index contributed by atoms with van der Waals surface area (Å²) in [6.45, 7) is 6.30. The molecule has 4 nitrogen and oxygen atoms in total. The van der Waals surface area contributed by atoms with Gasteiger partial charge in [0.25, 0.3) is 5.91 Å². The van der Waals surface area contributed by atoms with Crippen molar-refractivity contribution in [1.82, 2.24) is 4.98 Å². The van der Waals surface area contributed by atoms with E-state index in [0.717, 1.165) is 40.0 Å². The fourth-order valence-corrected chi connectivity index (χ4v) is 4.67. The summed E-state index contributed by atoms with van der Waals surface area (Å²) in [5.74, 6) is 0.512. The number of thiophene rings is 1. The molecule has 1 aliphatic rings. The number of nitrogens with two attached hydrogens (primary N) is 1. The second-order valence-electron chi connectivity index (χ2n) is 7.41. The number of hydrogen-bond acceptors (Lipinski definition) is 4. The quantitative estimate of drug-likeness (QED) is 0.680. The van der Waals surface area contributed by atoms with Gasteiger partial charge in [-0.05, 0) is 62.3 Å². The fourth-order valence-electron chi connectivity index (χ4n) is 3.67. The standard InChI is InChI=1S/C21H23N3OS/c1-11-4-6-16(13(3)8-11)23-20(25)19-18(22)15-10-14-9-12(2)5-7-17(14)24-21(15)26-19/h4,6,8,10,12H,5,7,9,22H2,1-3H3,(H,23,25). The van der Waals surface area contributed by atoms with E-state index < -0.39 is 0 Å². The van der Waals surface area contributed by atoms with E-state index >= 15 is 0 Å². The molecule has 2 heterocycles. The Balaban J connectivity index is 1.70. The highest BCUT2D eigenvalue weighted by atomic mass is 32.1. The molecule has 3 aromatic rings. The second kappa shape index (κ2) is 6.40.